The minimum absolute atomic E-state index is 0.0103. The summed E-state index contributed by atoms with van der Waals surface area (Å²) in [7, 11) is 1.34. The minimum atomic E-state index is -4.81. The number of ether oxygens (including phenoxy) is 2. The van der Waals surface area contributed by atoms with Crippen LogP contribution in [0.5, 0.6) is 0 Å². The minimum Gasteiger partial charge on any atom is -0.449 e. The number of carbonyl (C=O) groups excluding carboxylic acids is 2. The van der Waals surface area contributed by atoms with Crippen LogP contribution in [0.1, 0.15) is 24.1 Å². The first-order chi connectivity index (χ1) is 13.4. The fourth-order valence-corrected chi connectivity index (χ4v) is 2.66. The molecule has 1 aliphatic carbocycles. The Balaban J connectivity index is 2.20. The number of amides is 1. The lowest BCUT2D eigenvalue weighted by Crippen LogP contribution is -2.47. The third-order valence-electron chi connectivity index (χ3n) is 4.19. The van der Waals surface area contributed by atoms with E-state index in [1.54, 1.807) is 0 Å². The summed E-state index contributed by atoms with van der Waals surface area (Å²) in [5.74, 6) is -3.11. The highest BCUT2D eigenvalue weighted by Gasteiger charge is 2.41. The predicted molar refractivity (Wildman–Crippen MR) is 85.2 cm³/mol. The molecule has 1 fully saturated rings. The Bertz CT molecular complexity index is 716. The van der Waals surface area contributed by atoms with Crippen LogP contribution in [0.2, 0.25) is 0 Å². The van der Waals surface area contributed by atoms with Crippen LogP contribution in [0.25, 0.3) is 0 Å². The van der Waals surface area contributed by atoms with Gasteiger partial charge in [0.1, 0.15) is 0 Å². The molecule has 0 bridgehead atoms. The van der Waals surface area contributed by atoms with Gasteiger partial charge in [0.25, 0.3) is 0 Å². The number of nitrogens with zero attached hydrogens (tertiary/aromatic N) is 2. The first-order valence-electron chi connectivity index (χ1n) is 8.48. The maximum Gasteiger partial charge on any atom is 0.422 e. The molecule has 0 aromatic carbocycles. The molecule has 0 radical (unpaired) electrons. The average molecular weight is 428 g/mol. The second-order valence-electron chi connectivity index (χ2n) is 6.52. The van der Waals surface area contributed by atoms with Crippen molar-refractivity contribution in [2.45, 2.75) is 37.8 Å². The van der Waals surface area contributed by atoms with Gasteiger partial charge in [0.15, 0.2) is 6.61 Å². The van der Waals surface area contributed by atoms with Gasteiger partial charge in [-0.2, -0.15) is 26.3 Å². The van der Waals surface area contributed by atoms with Crippen LogP contribution in [0.3, 0.4) is 0 Å². The molecule has 2 rings (SSSR count). The van der Waals surface area contributed by atoms with E-state index < -0.39 is 42.4 Å². The lowest BCUT2D eigenvalue weighted by Gasteiger charge is -2.30. The van der Waals surface area contributed by atoms with Crippen molar-refractivity contribution in [1.29, 1.82) is 0 Å². The normalized spacial score (nSPS) is 15.7. The van der Waals surface area contributed by atoms with E-state index in [2.05, 4.69) is 9.72 Å². The van der Waals surface area contributed by atoms with Gasteiger partial charge in [-0.25, -0.2) is 4.79 Å². The van der Waals surface area contributed by atoms with E-state index >= 15 is 0 Å². The number of hydrogen-bond acceptors (Lipinski definition) is 5. The van der Waals surface area contributed by atoms with Gasteiger partial charge in [0.2, 0.25) is 0 Å². The molecule has 0 spiro atoms. The molecule has 1 saturated carbocycles. The summed E-state index contributed by atoms with van der Waals surface area (Å²) in [5, 5.41) is 0. The summed E-state index contributed by atoms with van der Waals surface area (Å²) in [5.41, 5.74) is -0.976. The summed E-state index contributed by atoms with van der Waals surface area (Å²) >= 11 is 0. The van der Waals surface area contributed by atoms with Crippen molar-refractivity contribution in [2.24, 2.45) is 5.92 Å². The molecule has 1 unspecified atom stereocenters. The van der Waals surface area contributed by atoms with Crippen LogP contribution in [0, 0.1) is 5.92 Å². The fourth-order valence-electron chi connectivity index (χ4n) is 2.66. The van der Waals surface area contributed by atoms with Crippen LogP contribution in [0.4, 0.5) is 26.3 Å². The molecule has 1 amide bonds. The van der Waals surface area contributed by atoms with Crippen LogP contribution in [-0.2, 0) is 31.8 Å². The Hall–Kier alpha value is -2.37. The van der Waals surface area contributed by atoms with E-state index in [4.69, 9.17) is 4.74 Å². The standard InChI is InChI=1S/C17H18F6N2O4/c1-28-8-13(10-2-3-10)25(14(26)15(27)29-9-16(18,19)20)7-12-5-4-11(6-24-12)17(21,22)23/h4-6,10,13H,2-3,7-9H2,1H3. The van der Waals surface area contributed by atoms with Crippen molar-refractivity contribution >= 4 is 11.9 Å². The maximum absolute atomic E-state index is 12.7. The van der Waals surface area contributed by atoms with Gasteiger partial charge in [-0.05, 0) is 30.9 Å². The molecule has 6 nitrogen and oxygen atoms in total. The molecule has 162 valence electrons. The van der Waals surface area contributed by atoms with E-state index in [0.29, 0.717) is 19.0 Å². The van der Waals surface area contributed by atoms with Gasteiger partial charge in [-0.3, -0.25) is 9.78 Å². The highest BCUT2D eigenvalue weighted by Crippen LogP contribution is 2.36. The number of aromatic nitrogens is 1. The second-order valence-corrected chi connectivity index (χ2v) is 6.52. The summed E-state index contributed by atoms with van der Waals surface area (Å²) < 4.78 is 83.8. The summed E-state index contributed by atoms with van der Waals surface area (Å²) in [4.78, 5) is 28.9. The van der Waals surface area contributed by atoms with Crippen molar-refractivity contribution in [1.82, 2.24) is 9.88 Å². The molecular weight excluding hydrogens is 410 g/mol. The highest BCUT2D eigenvalue weighted by atomic mass is 19.4. The summed E-state index contributed by atoms with van der Waals surface area (Å²) in [6.07, 6.45) is -7.43. The number of alkyl halides is 6. The zero-order valence-electron chi connectivity index (χ0n) is 15.2. The number of halogens is 6. The molecule has 12 heteroatoms. The lowest BCUT2D eigenvalue weighted by molar-refractivity contribution is -0.190. The highest BCUT2D eigenvalue weighted by molar-refractivity contribution is 6.32. The molecule has 0 aliphatic heterocycles. The van der Waals surface area contributed by atoms with Crippen molar-refractivity contribution in [3.8, 4) is 0 Å². The Morgan fingerprint density at radius 3 is 2.31 bits per heavy atom. The zero-order chi connectivity index (χ0) is 21.8. The fraction of sp³-hybridized carbons (Fsp3) is 0.588. The largest absolute Gasteiger partial charge is 0.449 e. The van der Waals surface area contributed by atoms with Gasteiger partial charge in [0.05, 0.1) is 30.5 Å². The monoisotopic (exact) mass is 428 g/mol. The van der Waals surface area contributed by atoms with E-state index in [1.165, 1.54) is 7.11 Å². The third kappa shape index (κ3) is 6.87. The Kier molecular flexibility index (Phi) is 7.09. The summed E-state index contributed by atoms with van der Waals surface area (Å²) in [6, 6.07) is 1.13. The van der Waals surface area contributed by atoms with E-state index in [9.17, 15) is 35.9 Å². The Morgan fingerprint density at radius 1 is 1.21 bits per heavy atom. The van der Waals surface area contributed by atoms with Gasteiger partial charge in [-0.1, -0.05) is 0 Å². The van der Waals surface area contributed by atoms with Crippen LogP contribution in [0.15, 0.2) is 18.3 Å². The first-order valence-corrected chi connectivity index (χ1v) is 8.48. The van der Waals surface area contributed by atoms with Crippen LogP contribution >= 0.6 is 0 Å². The molecule has 1 aromatic heterocycles. The van der Waals surface area contributed by atoms with Gasteiger partial charge in [0, 0.05) is 13.3 Å². The number of methoxy groups -OCH3 is 1. The van der Waals surface area contributed by atoms with E-state index in [-0.39, 0.29) is 24.8 Å². The molecule has 1 aromatic rings. The Labute approximate surface area is 161 Å². The topological polar surface area (TPSA) is 68.7 Å². The van der Waals surface area contributed by atoms with Crippen molar-refractivity contribution in [3.63, 3.8) is 0 Å². The molecule has 0 N–H and O–H groups in total. The number of hydrogen-bond donors (Lipinski definition) is 0. The molecule has 1 aliphatic rings. The molecule has 1 heterocycles. The van der Waals surface area contributed by atoms with E-state index in [1.807, 2.05) is 0 Å². The number of carbonyl (C=O) groups is 2. The molecule has 29 heavy (non-hydrogen) atoms. The summed E-state index contributed by atoms with van der Waals surface area (Å²) in [6.45, 7) is -2.32. The average Bonchev–Trinajstić information content (AvgIpc) is 3.46. The van der Waals surface area contributed by atoms with Gasteiger partial charge in [-0.15, -0.1) is 0 Å². The lowest BCUT2D eigenvalue weighted by atomic mass is 10.1. The smallest absolute Gasteiger partial charge is 0.422 e. The maximum atomic E-state index is 12.7. The molecule has 0 saturated heterocycles. The van der Waals surface area contributed by atoms with Crippen molar-refractivity contribution < 1.29 is 45.4 Å². The Morgan fingerprint density at radius 2 is 1.86 bits per heavy atom. The van der Waals surface area contributed by atoms with Crippen molar-refractivity contribution in [2.75, 3.05) is 20.3 Å². The van der Waals surface area contributed by atoms with Crippen molar-refractivity contribution in [3.05, 3.63) is 29.6 Å². The SMILES string of the molecule is COCC(C1CC1)N(Cc1ccc(C(F)(F)F)cn1)C(=O)C(=O)OCC(F)(F)F. The second kappa shape index (κ2) is 8.97. The number of rotatable bonds is 7. The van der Waals surface area contributed by atoms with Gasteiger partial charge >= 0.3 is 24.2 Å². The molecule has 1 atom stereocenters. The van der Waals surface area contributed by atoms with E-state index in [0.717, 1.165) is 17.0 Å². The quantitative estimate of drug-likeness (QED) is 0.380. The predicted octanol–water partition coefficient (Wildman–Crippen LogP) is 2.96. The van der Waals surface area contributed by atoms with Crippen LogP contribution in [-0.4, -0.2) is 54.3 Å². The first kappa shape index (κ1) is 22.9. The van der Waals surface area contributed by atoms with Gasteiger partial charge < -0.3 is 14.4 Å². The number of esters is 1. The third-order valence-corrected chi connectivity index (χ3v) is 4.19. The molecular formula is C17H18F6N2O4. The number of pyridine rings is 1. The zero-order valence-corrected chi connectivity index (χ0v) is 15.2. The van der Waals surface area contributed by atoms with Crippen LogP contribution < -0.4 is 0 Å².